The molecular formula is C18H20N4O5. The second-order valence-corrected chi connectivity index (χ2v) is 6.42. The third-order valence-corrected chi connectivity index (χ3v) is 4.50. The smallest absolute Gasteiger partial charge is 0.274 e. The van der Waals surface area contributed by atoms with Crippen LogP contribution in [0.25, 0.3) is 0 Å². The van der Waals surface area contributed by atoms with Gasteiger partial charge in [0.05, 0.1) is 19.3 Å². The van der Waals surface area contributed by atoms with E-state index < -0.39 is 0 Å². The molecule has 3 heterocycles. The summed E-state index contributed by atoms with van der Waals surface area (Å²) in [6.07, 6.45) is 1.85. The van der Waals surface area contributed by atoms with E-state index in [-0.39, 0.29) is 31.1 Å². The second kappa shape index (κ2) is 7.28. The number of rotatable bonds is 4. The number of carbonyl (C=O) groups excluding carboxylic acids is 2. The monoisotopic (exact) mass is 372 g/mol. The van der Waals surface area contributed by atoms with Crippen LogP contribution in [0.2, 0.25) is 0 Å². The van der Waals surface area contributed by atoms with Crippen LogP contribution < -0.4 is 14.8 Å². The number of fused-ring (bicyclic) bond motifs is 1. The average Bonchev–Trinajstić information content (AvgIpc) is 3.30. The third-order valence-electron chi connectivity index (χ3n) is 4.50. The van der Waals surface area contributed by atoms with E-state index in [0.717, 1.165) is 0 Å². The van der Waals surface area contributed by atoms with Gasteiger partial charge < -0.3 is 24.4 Å². The van der Waals surface area contributed by atoms with Gasteiger partial charge in [0, 0.05) is 38.0 Å². The van der Waals surface area contributed by atoms with Gasteiger partial charge in [0.25, 0.3) is 5.91 Å². The van der Waals surface area contributed by atoms with Gasteiger partial charge in [-0.2, -0.15) is 5.10 Å². The lowest BCUT2D eigenvalue weighted by molar-refractivity contribution is -0.118. The predicted molar refractivity (Wildman–Crippen MR) is 94.7 cm³/mol. The Morgan fingerprint density at radius 1 is 1.26 bits per heavy atom. The molecule has 9 nitrogen and oxygen atoms in total. The number of nitrogens with one attached hydrogen (secondary N) is 1. The Balaban J connectivity index is 1.41. The summed E-state index contributed by atoms with van der Waals surface area (Å²) < 4.78 is 17.6. The number of aromatic nitrogens is 2. The van der Waals surface area contributed by atoms with E-state index in [9.17, 15) is 9.59 Å². The largest absolute Gasteiger partial charge is 0.454 e. The van der Waals surface area contributed by atoms with Crippen LogP contribution in [0.1, 0.15) is 16.9 Å². The van der Waals surface area contributed by atoms with E-state index in [1.54, 1.807) is 47.1 Å². The summed E-state index contributed by atoms with van der Waals surface area (Å²) >= 11 is 0. The number of hydrogen-bond donors (Lipinski definition) is 1. The van der Waals surface area contributed by atoms with Gasteiger partial charge in [-0.3, -0.25) is 14.3 Å². The number of anilines is 1. The van der Waals surface area contributed by atoms with Gasteiger partial charge in [0.1, 0.15) is 5.69 Å². The summed E-state index contributed by atoms with van der Waals surface area (Å²) in [6.45, 7) is 1.36. The second-order valence-electron chi connectivity index (χ2n) is 6.42. The molecule has 0 spiro atoms. The van der Waals surface area contributed by atoms with Gasteiger partial charge in [0.2, 0.25) is 12.7 Å². The number of benzene rings is 1. The molecule has 1 atom stereocenters. The van der Waals surface area contributed by atoms with Gasteiger partial charge in [-0.1, -0.05) is 0 Å². The third kappa shape index (κ3) is 3.72. The van der Waals surface area contributed by atoms with Crippen molar-refractivity contribution in [3.8, 4) is 11.5 Å². The quantitative estimate of drug-likeness (QED) is 0.861. The van der Waals surface area contributed by atoms with Crippen LogP contribution >= 0.6 is 0 Å². The van der Waals surface area contributed by atoms with Gasteiger partial charge in [-0.05, 0) is 18.2 Å². The molecule has 2 aliphatic rings. The van der Waals surface area contributed by atoms with Crippen molar-refractivity contribution in [2.45, 2.75) is 12.5 Å². The molecule has 1 saturated heterocycles. The van der Waals surface area contributed by atoms with Crippen molar-refractivity contribution in [1.29, 1.82) is 0 Å². The van der Waals surface area contributed by atoms with Crippen LogP contribution in [0.4, 0.5) is 5.69 Å². The topological polar surface area (TPSA) is 94.9 Å². The van der Waals surface area contributed by atoms with Crippen molar-refractivity contribution in [1.82, 2.24) is 14.7 Å². The van der Waals surface area contributed by atoms with E-state index in [1.165, 1.54) is 0 Å². The SMILES string of the molecule is Cn1ccc(C(=O)N2CCOC[C@@H]2CC(=O)Nc2ccc3c(c2)OCO3)n1. The standard InChI is InChI=1S/C18H20N4O5/c1-21-5-4-14(20-21)18(24)22-6-7-25-10-13(22)9-17(23)19-12-2-3-15-16(8-12)27-11-26-15/h2-5,8,13H,6-7,9-11H2,1H3,(H,19,23)/t13-/m0/s1. The van der Waals surface area contributed by atoms with Crippen LogP contribution in [0.3, 0.4) is 0 Å². The molecular weight excluding hydrogens is 352 g/mol. The number of morpholine rings is 1. The Morgan fingerprint density at radius 2 is 2.11 bits per heavy atom. The number of aryl methyl sites for hydroxylation is 1. The molecule has 2 aliphatic heterocycles. The number of hydrogen-bond acceptors (Lipinski definition) is 6. The summed E-state index contributed by atoms with van der Waals surface area (Å²) in [5.41, 5.74) is 0.976. The molecule has 0 bridgehead atoms. The molecule has 1 aromatic heterocycles. The summed E-state index contributed by atoms with van der Waals surface area (Å²) in [5, 5.41) is 6.99. The van der Waals surface area contributed by atoms with Crippen molar-refractivity contribution in [3.63, 3.8) is 0 Å². The van der Waals surface area contributed by atoms with Crippen molar-refractivity contribution < 1.29 is 23.8 Å². The Kier molecular flexibility index (Phi) is 4.68. The maximum atomic E-state index is 12.7. The molecule has 4 rings (SSSR count). The van der Waals surface area contributed by atoms with Crippen molar-refractivity contribution >= 4 is 17.5 Å². The summed E-state index contributed by atoms with van der Waals surface area (Å²) in [7, 11) is 1.76. The summed E-state index contributed by atoms with van der Waals surface area (Å²) in [4.78, 5) is 26.9. The summed E-state index contributed by atoms with van der Waals surface area (Å²) in [6, 6.07) is 6.54. The fourth-order valence-corrected chi connectivity index (χ4v) is 3.17. The minimum atomic E-state index is -0.345. The highest BCUT2D eigenvalue weighted by atomic mass is 16.7. The Labute approximate surface area is 155 Å². The zero-order chi connectivity index (χ0) is 18.8. The summed E-state index contributed by atoms with van der Waals surface area (Å²) in [5.74, 6) is 0.851. The molecule has 1 fully saturated rings. The molecule has 0 saturated carbocycles. The minimum absolute atomic E-state index is 0.132. The van der Waals surface area contributed by atoms with Crippen molar-refractivity contribution in [3.05, 3.63) is 36.2 Å². The van der Waals surface area contributed by atoms with Gasteiger partial charge >= 0.3 is 0 Å². The number of nitrogens with zero attached hydrogens (tertiary/aromatic N) is 3. The predicted octanol–water partition coefficient (Wildman–Crippen LogP) is 1.02. The number of carbonyl (C=O) groups is 2. The van der Waals surface area contributed by atoms with Crippen molar-refractivity contribution in [2.24, 2.45) is 7.05 Å². The fraction of sp³-hybridized carbons (Fsp3) is 0.389. The van der Waals surface area contributed by atoms with Crippen LogP contribution in [-0.2, 0) is 16.6 Å². The molecule has 9 heteroatoms. The lowest BCUT2D eigenvalue weighted by atomic mass is 10.1. The van der Waals surface area contributed by atoms with E-state index in [2.05, 4.69) is 10.4 Å². The molecule has 1 N–H and O–H groups in total. The van der Waals surface area contributed by atoms with Crippen molar-refractivity contribution in [2.75, 3.05) is 31.9 Å². The lowest BCUT2D eigenvalue weighted by Gasteiger charge is -2.34. The molecule has 2 amide bonds. The van der Waals surface area contributed by atoms with E-state index in [0.29, 0.717) is 42.6 Å². The van der Waals surface area contributed by atoms with Crippen LogP contribution in [0, 0.1) is 0 Å². The first-order chi connectivity index (χ1) is 13.1. The highest BCUT2D eigenvalue weighted by molar-refractivity contribution is 5.94. The highest BCUT2D eigenvalue weighted by Crippen LogP contribution is 2.34. The average molecular weight is 372 g/mol. The Hall–Kier alpha value is -3.07. The maximum Gasteiger partial charge on any atom is 0.274 e. The molecule has 0 unspecified atom stereocenters. The molecule has 0 radical (unpaired) electrons. The highest BCUT2D eigenvalue weighted by Gasteiger charge is 2.31. The maximum absolute atomic E-state index is 12.7. The molecule has 142 valence electrons. The van der Waals surface area contributed by atoms with Gasteiger partial charge in [0.15, 0.2) is 11.5 Å². The van der Waals surface area contributed by atoms with E-state index >= 15 is 0 Å². The Morgan fingerprint density at radius 3 is 2.93 bits per heavy atom. The molecule has 1 aromatic carbocycles. The molecule has 27 heavy (non-hydrogen) atoms. The first kappa shape index (κ1) is 17.3. The van der Waals surface area contributed by atoms with E-state index in [4.69, 9.17) is 14.2 Å². The normalized spacial score (nSPS) is 18.4. The zero-order valence-electron chi connectivity index (χ0n) is 14.9. The van der Waals surface area contributed by atoms with Gasteiger partial charge in [-0.25, -0.2) is 0 Å². The molecule has 2 aromatic rings. The van der Waals surface area contributed by atoms with Crippen LogP contribution in [0.5, 0.6) is 11.5 Å². The first-order valence-electron chi connectivity index (χ1n) is 8.68. The fourth-order valence-electron chi connectivity index (χ4n) is 3.17. The lowest BCUT2D eigenvalue weighted by Crippen LogP contribution is -2.50. The Bertz CT molecular complexity index is 865. The molecule has 0 aliphatic carbocycles. The number of ether oxygens (including phenoxy) is 3. The van der Waals surface area contributed by atoms with E-state index in [1.807, 2.05) is 0 Å². The van der Waals surface area contributed by atoms with Crippen LogP contribution in [-0.4, -0.2) is 59.1 Å². The van der Waals surface area contributed by atoms with Gasteiger partial charge in [-0.15, -0.1) is 0 Å². The zero-order valence-corrected chi connectivity index (χ0v) is 14.9. The minimum Gasteiger partial charge on any atom is -0.454 e. The number of amides is 2. The van der Waals surface area contributed by atoms with Crippen LogP contribution in [0.15, 0.2) is 30.5 Å². The first-order valence-corrected chi connectivity index (χ1v) is 8.68.